The molecule has 0 aliphatic rings. The molecule has 9 rings (SSSR count). The van der Waals surface area contributed by atoms with Gasteiger partial charge in [-0.1, -0.05) is 131 Å². The zero-order valence-electron chi connectivity index (χ0n) is 36.9. The van der Waals surface area contributed by atoms with Gasteiger partial charge in [0.2, 0.25) is 5.71 Å². The Morgan fingerprint density at radius 3 is 2.15 bits per heavy atom. The molecule has 0 amide bonds. The maximum absolute atomic E-state index is 8.84. The van der Waals surface area contributed by atoms with Gasteiger partial charge in [-0.25, -0.2) is 4.98 Å². The number of aromatic nitrogens is 4. The van der Waals surface area contributed by atoms with Crippen molar-refractivity contribution in [3.05, 3.63) is 174 Å². The van der Waals surface area contributed by atoms with Gasteiger partial charge in [0, 0.05) is 45.8 Å². The van der Waals surface area contributed by atoms with Crippen molar-refractivity contribution in [1.82, 2.24) is 19.5 Å². The maximum Gasteiger partial charge on any atom is 0.216 e. The Morgan fingerprint density at radius 2 is 1.46 bits per heavy atom. The number of hydrogen-bond donors (Lipinski definition) is 0. The summed E-state index contributed by atoms with van der Waals surface area (Å²) in [6, 6.07) is 48.7. The molecule has 0 saturated heterocycles. The minimum absolute atomic E-state index is 0. The van der Waals surface area contributed by atoms with Crippen LogP contribution in [0.4, 0.5) is 0 Å². The van der Waals surface area contributed by atoms with Crippen LogP contribution in [-0.2, 0) is 26.5 Å². The summed E-state index contributed by atoms with van der Waals surface area (Å²) < 4.78 is 26.4. The van der Waals surface area contributed by atoms with Crippen molar-refractivity contribution in [1.29, 1.82) is 0 Å². The molecule has 4 heterocycles. The number of nitrogens with zero attached hydrogens (tertiary/aromatic N) is 4. The third-order valence-electron chi connectivity index (χ3n) is 10.5. The van der Waals surface area contributed by atoms with Gasteiger partial charge in [-0.15, -0.1) is 54.1 Å². The molecule has 0 aliphatic heterocycles. The zero-order valence-corrected chi connectivity index (χ0v) is 38.3. The molecule has 0 N–H and O–H groups in total. The Morgan fingerprint density at radius 1 is 0.746 bits per heavy atom. The van der Waals surface area contributed by atoms with E-state index in [1.807, 2.05) is 92.0 Å². The quantitative estimate of drug-likeness (QED) is 0.112. The Kier molecular flexibility index (Phi) is 11.5. The van der Waals surface area contributed by atoms with Crippen LogP contribution in [0.25, 0.3) is 61.4 Å². The number of hydrogen-bond acceptors (Lipinski definition) is 4. The predicted octanol–water partition coefficient (Wildman–Crippen LogP) is 13.0. The Hall–Kier alpha value is -5.46. The molecule has 0 atom stereocenters. The van der Waals surface area contributed by atoms with E-state index in [9.17, 15) is 0 Å². The van der Waals surface area contributed by atoms with E-state index in [0.29, 0.717) is 23.1 Å². The number of imidazole rings is 1. The van der Waals surface area contributed by atoms with Gasteiger partial charge in [0.05, 0.1) is 30.5 Å². The molecule has 5 aromatic carbocycles. The number of benzene rings is 5. The van der Waals surface area contributed by atoms with E-state index in [-0.39, 0.29) is 20.1 Å². The van der Waals surface area contributed by atoms with Crippen LogP contribution in [0, 0.1) is 19.1 Å². The molecule has 0 unspecified atom stereocenters. The molecular formula is C52H50IrN4OSi-2. The Balaban J connectivity index is 0.000000192. The minimum atomic E-state index is -1.76. The second kappa shape index (κ2) is 17.4. The summed E-state index contributed by atoms with van der Waals surface area (Å²) in [6.07, 6.45) is 0.307. The van der Waals surface area contributed by atoms with Crippen LogP contribution in [0.5, 0.6) is 0 Å². The van der Waals surface area contributed by atoms with E-state index >= 15 is 0 Å². The Bertz CT molecular complexity index is 2950. The fourth-order valence-electron chi connectivity index (χ4n) is 7.60. The number of aryl methyl sites for hydroxylation is 1. The third kappa shape index (κ3) is 8.51. The van der Waals surface area contributed by atoms with Crippen molar-refractivity contribution < 1.29 is 27.3 Å². The van der Waals surface area contributed by atoms with Gasteiger partial charge >= 0.3 is 0 Å². The standard InChI is InChI=1S/C31H28N3O.C21H22NSi.Ir/c1-18(2)21-10-8-11-22(19(3)4)28(21)34-27-15-7-6-14-26(27)33-30(34)25-13-9-12-23-24-17-16-20(5)32-31(24)35-29(23)25;1-23(2,3)21-16-22-20(18-12-8-5-9-13-18)15-19(21)14-17-10-6-4-7-11-17;/h6-12,14-19H,1-5H3;4-12,15-16H,14H2,1-3H3;/q2*-1;/i;14D2;. The molecule has 5 nitrogen and oxygen atoms in total. The number of rotatable bonds is 8. The van der Waals surface area contributed by atoms with Crippen molar-refractivity contribution in [3.63, 3.8) is 0 Å². The number of pyridine rings is 2. The van der Waals surface area contributed by atoms with Crippen LogP contribution in [0.2, 0.25) is 19.6 Å². The van der Waals surface area contributed by atoms with Crippen LogP contribution in [0.1, 0.15) is 70.2 Å². The zero-order chi connectivity index (χ0) is 42.3. The van der Waals surface area contributed by atoms with Gasteiger partial charge in [0.25, 0.3) is 0 Å². The van der Waals surface area contributed by atoms with Crippen molar-refractivity contribution in [2.24, 2.45) is 0 Å². The fraction of sp³-hybridized carbons (Fsp3) is 0.212. The molecule has 299 valence electrons. The summed E-state index contributed by atoms with van der Waals surface area (Å²) in [7, 11) is -1.76. The average Bonchev–Trinajstić information content (AvgIpc) is 3.82. The molecule has 7 heteroatoms. The molecule has 0 fully saturated rings. The molecule has 0 bridgehead atoms. The smallest absolute Gasteiger partial charge is 0.216 e. The summed E-state index contributed by atoms with van der Waals surface area (Å²) in [5, 5.41) is 3.09. The second-order valence-electron chi connectivity index (χ2n) is 16.5. The summed E-state index contributed by atoms with van der Waals surface area (Å²) >= 11 is 0. The van der Waals surface area contributed by atoms with Crippen LogP contribution >= 0.6 is 0 Å². The molecule has 0 saturated carbocycles. The average molecular weight is 969 g/mol. The van der Waals surface area contributed by atoms with Crippen molar-refractivity contribution >= 4 is 46.4 Å². The number of fused-ring (bicyclic) bond motifs is 4. The molecule has 1 radical (unpaired) electrons. The molecular weight excluding hydrogens is 917 g/mol. The molecule has 4 aromatic heterocycles. The van der Waals surface area contributed by atoms with Crippen LogP contribution in [0.3, 0.4) is 0 Å². The summed E-state index contributed by atoms with van der Waals surface area (Å²) in [4.78, 5) is 14.4. The van der Waals surface area contributed by atoms with Crippen LogP contribution in [-0.4, -0.2) is 27.6 Å². The van der Waals surface area contributed by atoms with E-state index in [0.717, 1.165) is 66.5 Å². The van der Waals surface area contributed by atoms with E-state index < -0.39 is 14.4 Å². The third-order valence-corrected chi connectivity index (χ3v) is 12.6. The first-order chi connectivity index (χ1) is 28.7. The first kappa shape index (κ1) is 39.0. The summed E-state index contributed by atoms with van der Waals surface area (Å²) in [5.74, 6) is 1.55. The molecule has 0 aliphatic carbocycles. The normalized spacial score (nSPS) is 12.4. The van der Waals surface area contributed by atoms with Crippen LogP contribution < -0.4 is 5.19 Å². The number of furan rings is 1. The number of para-hydroxylation sites is 3. The van der Waals surface area contributed by atoms with Gasteiger partial charge < -0.3 is 14.0 Å². The topological polar surface area (TPSA) is 56.7 Å². The van der Waals surface area contributed by atoms with Crippen molar-refractivity contribution in [2.45, 2.75) is 72.5 Å². The van der Waals surface area contributed by atoms with Crippen LogP contribution in [0.15, 0.2) is 138 Å². The van der Waals surface area contributed by atoms with E-state index in [1.165, 1.54) is 16.8 Å². The Labute approximate surface area is 365 Å². The molecule has 9 aromatic rings. The van der Waals surface area contributed by atoms with E-state index in [1.54, 1.807) is 0 Å². The molecule has 59 heavy (non-hydrogen) atoms. The minimum Gasteiger partial charge on any atom is -0.486 e. The van der Waals surface area contributed by atoms with E-state index in [2.05, 4.69) is 123 Å². The first-order valence-electron chi connectivity index (χ1n) is 21.1. The fourth-order valence-corrected chi connectivity index (χ4v) is 9.00. The monoisotopic (exact) mass is 969 g/mol. The van der Waals surface area contributed by atoms with Crippen molar-refractivity contribution in [2.75, 3.05) is 0 Å². The predicted molar refractivity (Wildman–Crippen MR) is 244 cm³/mol. The van der Waals surface area contributed by atoms with Gasteiger partial charge in [-0.2, -0.15) is 0 Å². The second-order valence-corrected chi connectivity index (χ2v) is 21.5. The largest absolute Gasteiger partial charge is 0.486 e. The summed E-state index contributed by atoms with van der Waals surface area (Å²) in [5.41, 5.74) is 12.1. The maximum atomic E-state index is 8.84. The first-order valence-corrected chi connectivity index (χ1v) is 23.6. The SMILES string of the molecule is Cc1ccc2c(n1)oc1c(-c3nc4ccccc4n3-c3c(C(C)C)cccc3C(C)C)[c-]ccc12.[2H]C([2H])(c1ccccc1)c1cc(-c2[c-]cccc2)ncc1[Si](C)(C)C.[Ir]. The van der Waals surface area contributed by atoms with Gasteiger partial charge in [-0.3, -0.25) is 4.98 Å². The van der Waals surface area contributed by atoms with Gasteiger partial charge in [0.15, 0.2) is 0 Å². The van der Waals surface area contributed by atoms with Crippen molar-refractivity contribution in [3.8, 4) is 28.3 Å². The van der Waals surface area contributed by atoms with Gasteiger partial charge in [0.1, 0.15) is 0 Å². The van der Waals surface area contributed by atoms with E-state index in [4.69, 9.17) is 12.1 Å². The molecule has 0 spiro atoms. The summed E-state index contributed by atoms with van der Waals surface area (Å²) in [6.45, 7) is 17.7. The van der Waals surface area contributed by atoms with Gasteiger partial charge in [-0.05, 0) is 77.0 Å².